The van der Waals surface area contributed by atoms with E-state index in [0.29, 0.717) is 5.05 Å². The number of thiocarbonyl (C=S) groups is 1. The van der Waals surface area contributed by atoms with Crippen molar-refractivity contribution in [2.24, 2.45) is 0 Å². The Bertz CT molecular complexity index is 349. The van der Waals surface area contributed by atoms with E-state index in [-0.39, 0.29) is 0 Å². The Kier molecular flexibility index (Phi) is 4.00. The van der Waals surface area contributed by atoms with Crippen LogP contribution in [0.5, 0.6) is 0 Å². The van der Waals surface area contributed by atoms with Gasteiger partial charge in [-0.05, 0) is 0 Å². The molecule has 1 aromatic heterocycles. The van der Waals surface area contributed by atoms with Crippen LogP contribution < -0.4 is 3.58 Å². The molecular formula is C10H16OS2Sn. The summed E-state index contributed by atoms with van der Waals surface area (Å²) in [5, 5.41) is 0.625. The van der Waals surface area contributed by atoms with Crippen molar-refractivity contribution in [1.29, 1.82) is 0 Å². The molecule has 0 aliphatic heterocycles. The molecule has 1 heterocycles. The molecule has 1 rings (SSSR count). The first kappa shape index (κ1) is 12.5. The second-order valence-corrected chi connectivity index (χ2v) is 20.3. The molecule has 78 valence electrons. The summed E-state index contributed by atoms with van der Waals surface area (Å²) in [6.45, 7) is 2.18. The second kappa shape index (κ2) is 4.49. The number of rotatable bonds is 2. The van der Waals surface area contributed by atoms with Crippen LogP contribution in [0.3, 0.4) is 0 Å². The third kappa shape index (κ3) is 2.70. The molecule has 1 nitrogen and oxygen atoms in total. The Balaban J connectivity index is 3.12. The minimum absolute atomic E-state index is 0.625. The quantitative estimate of drug-likeness (QED) is 0.607. The van der Waals surface area contributed by atoms with Gasteiger partial charge in [-0.25, -0.2) is 0 Å². The zero-order chi connectivity index (χ0) is 10.9. The number of aryl methyl sites for hydroxylation is 1. The van der Waals surface area contributed by atoms with Crippen LogP contribution in [-0.4, -0.2) is 30.5 Å². The summed E-state index contributed by atoms with van der Waals surface area (Å²) < 4.78 is 6.65. The summed E-state index contributed by atoms with van der Waals surface area (Å²) in [6, 6.07) is 2.24. The summed E-state index contributed by atoms with van der Waals surface area (Å²) in [5.74, 6) is 0. The monoisotopic (exact) mass is 336 g/mol. The molecule has 0 N–H and O–H groups in total. The summed E-state index contributed by atoms with van der Waals surface area (Å²) in [6.07, 6.45) is 0. The zero-order valence-electron chi connectivity index (χ0n) is 9.30. The van der Waals surface area contributed by atoms with Gasteiger partial charge in [0.25, 0.3) is 0 Å². The number of thiophene rings is 1. The normalized spacial score (nSPS) is 11.5. The van der Waals surface area contributed by atoms with E-state index >= 15 is 0 Å². The third-order valence-corrected chi connectivity index (χ3v) is 10.3. The molecule has 0 aliphatic carbocycles. The van der Waals surface area contributed by atoms with Crippen molar-refractivity contribution >= 4 is 50.6 Å². The first-order chi connectivity index (χ1) is 6.36. The van der Waals surface area contributed by atoms with E-state index in [0.717, 1.165) is 4.88 Å². The van der Waals surface area contributed by atoms with Crippen LogP contribution >= 0.6 is 23.6 Å². The van der Waals surface area contributed by atoms with Gasteiger partial charge in [0.15, 0.2) is 0 Å². The fourth-order valence-corrected chi connectivity index (χ4v) is 9.91. The Labute approximate surface area is 99.4 Å². The average molecular weight is 335 g/mol. The van der Waals surface area contributed by atoms with Crippen molar-refractivity contribution in [3.63, 3.8) is 0 Å². The molecule has 0 fully saturated rings. The van der Waals surface area contributed by atoms with E-state index in [1.807, 2.05) is 0 Å². The van der Waals surface area contributed by atoms with Gasteiger partial charge in [-0.1, -0.05) is 0 Å². The van der Waals surface area contributed by atoms with Crippen LogP contribution in [0.15, 0.2) is 6.07 Å². The van der Waals surface area contributed by atoms with Crippen molar-refractivity contribution < 1.29 is 4.74 Å². The maximum atomic E-state index is 5.13. The fraction of sp³-hybridized carbons (Fsp3) is 0.500. The minimum atomic E-state index is -1.94. The Morgan fingerprint density at radius 3 is 2.36 bits per heavy atom. The number of hydrogen-bond donors (Lipinski definition) is 0. The van der Waals surface area contributed by atoms with Gasteiger partial charge < -0.3 is 0 Å². The predicted octanol–water partition coefficient (Wildman–Crippen LogP) is 2.92. The van der Waals surface area contributed by atoms with E-state index in [2.05, 4.69) is 27.8 Å². The fourth-order valence-electron chi connectivity index (χ4n) is 1.43. The molecule has 0 aliphatic rings. The van der Waals surface area contributed by atoms with E-state index in [9.17, 15) is 0 Å². The zero-order valence-corrected chi connectivity index (χ0v) is 13.8. The van der Waals surface area contributed by atoms with E-state index < -0.39 is 18.4 Å². The van der Waals surface area contributed by atoms with Crippen molar-refractivity contribution in [3.8, 4) is 0 Å². The molecule has 0 radical (unpaired) electrons. The van der Waals surface area contributed by atoms with Crippen LogP contribution in [0.25, 0.3) is 0 Å². The van der Waals surface area contributed by atoms with Gasteiger partial charge in [0.1, 0.15) is 0 Å². The topological polar surface area (TPSA) is 9.23 Å². The molecule has 0 unspecified atom stereocenters. The molecule has 0 spiro atoms. The number of hydrogen-bond acceptors (Lipinski definition) is 3. The van der Waals surface area contributed by atoms with Gasteiger partial charge in [0, 0.05) is 0 Å². The van der Waals surface area contributed by atoms with Gasteiger partial charge in [-0.3, -0.25) is 0 Å². The van der Waals surface area contributed by atoms with Crippen molar-refractivity contribution in [3.05, 3.63) is 15.8 Å². The molecule has 14 heavy (non-hydrogen) atoms. The van der Waals surface area contributed by atoms with Crippen LogP contribution in [0.4, 0.5) is 0 Å². The average Bonchev–Trinajstić information content (AvgIpc) is 2.45. The molecule has 0 amide bonds. The Morgan fingerprint density at radius 1 is 1.43 bits per heavy atom. The van der Waals surface area contributed by atoms with Crippen molar-refractivity contribution in [2.45, 2.75) is 21.7 Å². The predicted molar refractivity (Wildman–Crippen MR) is 70.7 cm³/mol. The van der Waals surface area contributed by atoms with Crippen LogP contribution in [0.1, 0.15) is 9.75 Å². The first-order valence-corrected chi connectivity index (χ1v) is 15.8. The van der Waals surface area contributed by atoms with Crippen molar-refractivity contribution in [1.82, 2.24) is 0 Å². The van der Waals surface area contributed by atoms with E-state index in [1.165, 1.54) is 4.88 Å². The standard InChI is InChI=1S/C7H7OS2.3CH3.Sn/c1-5-3-4-6(10-5)7(9)8-2;;;;/h4H,1-2H3;3*1H3;. The van der Waals surface area contributed by atoms with Crippen LogP contribution in [-0.2, 0) is 4.74 Å². The summed E-state index contributed by atoms with van der Waals surface area (Å²) in [4.78, 5) is 9.79. The summed E-state index contributed by atoms with van der Waals surface area (Å²) in [7, 11) is 1.64. The third-order valence-electron chi connectivity index (χ3n) is 2.11. The molecule has 4 heteroatoms. The van der Waals surface area contributed by atoms with Gasteiger partial charge in [-0.2, -0.15) is 0 Å². The second-order valence-electron chi connectivity index (χ2n) is 4.32. The number of methoxy groups -OCH3 is 1. The molecular weight excluding hydrogens is 319 g/mol. The molecule has 0 bridgehead atoms. The van der Waals surface area contributed by atoms with Gasteiger partial charge in [0.2, 0.25) is 0 Å². The molecule has 0 atom stereocenters. The molecule has 1 aromatic rings. The first-order valence-electron chi connectivity index (χ1n) is 4.55. The van der Waals surface area contributed by atoms with Crippen LogP contribution in [0.2, 0.25) is 14.8 Å². The van der Waals surface area contributed by atoms with Gasteiger partial charge >= 0.3 is 100.0 Å². The van der Waals surface area contributed by atoms with Crippen LogP contribution in [0, 0.1) is 6.92 Å². The maximum absolute atomic E-state index is 5.13. The van der Waals surface area contributed by atoms with E-state index in [4.69, 9.17) is 17.0 Å². The van der Waals surface area contributed by atoms with E-state index in [1.54, 1.807) is 22.0 Å². The van der Waals surface area contributed by atoms with Gasteiger partial charge in [0.05, 0.1) is 0 Å². The molecule has 0 saturated carbocycles. The van der Waals surface area contributed by atoms with Crippen molar-refractivity contribution in [2.75, 3.05) is 7.11 Å². The molecule has 0 aromatic carbocycles. The SMILES string of the molecule is COC(=S)c1c[c]([Sn]([CH3])([CH3])[CH3])c(C)s1. The Hall–Kier alpha value is 0.389. The summed E-state index contributed by atoms with van der Waals surface area (Å²) >= 11 is 4.95. The number of ether oxygens (including phenoxy) is 1. The Morgan fingerprint density at radius 2 is 2.00 bits per heavy atom. The molecule has 0 saturated heterocycles. The van der Waals surface area contributed by atoms with Gasteiger partial charge in [-0.15, -0.1) is 0 Å². The summed E-state index contributed by atoms with van der Waals surface area (Å²) in [5.41, 5.74) is 0.